The van der Waals surface area contributed by atoms with Gasteiger partial charge < -0.3 is 9.84 Å². The maximum absolute atomic E-state index is 10.2. The summed E-state index contributed by atoms with van der Waals surface area (Å²) in [7, 11) is 1.51. The molecule has 0 atom stereocenters. The van der Waals surface area contributed by atoms with Crippen LogP contribution in [0.1, 0.15) is 5.56 Å². The summed E-state index contributed by atoms with van der Waals surface area (Å²) in [6, 6.07) is 5.04. The first-order valence-corrected chi connectivity index (χ1v) is 4.26. The number of ether oxygens (including phenoxy) is 1. The Balaban J connectivity index is 2.95. The van der Waals surface area contributed by atoms with Crippen molar-refractivity contribution < 1.29 is 14.6 Å². The molecular formula is C10H9ClO3. The number of halogens is 1. The smallest absolute Gasteiger partial charge is 0.328 e. The summed E-state index contributed by atoms with van der Waals surface area (Å²) in [4.78, 5) is 10.2. The molecule has 0 heterocycles. The third-order valence-corrected chi connectivity index (χ3v) is 1.91. The zero-order chi connectivity index (χ0) is 10.6. The fourth-order valence-electron chi connectivity index (χ4n) is 0.948. The standard InChI is InChI=1S/C10H9ClO3/c1-14-9-6-7(2-4-8(9)11)3-5-10(12)13/h2-6H,1H3,(H,12,13). The molecule has 0 saturated carbocycles. The summed E-state index contributed by atoms with van der Waals surface area (Å²) in [5.41, 5.74) is 0.730. The molecule has 0 aliphatic rings. The number of aliphatic carboxylic acids is 1. The SMILES string of the molecule is COc1cc(C=CC(=O)O)ccc1Cl. The van der Waals surface area contributed by atoms with Crippen LogP contribution >= 0.6 is 11.6 Å². The largest absolute Gasteiger partial charge is 0.495 e. The van der Waals surface area contributed by atoms with Crippen LogP contribution in [0.15, 0.2) is 24.3 Å². The van der Waals surface area contributed by atoms with Gasteiger partial charge >= 0.3 is 5.97 Å². The lowest BCUT2D eigenvalue weighted by Gasteiger charge is -2.02. The average molecular weight is 213 g/mol. The number of carboxylic acids is 1. The maximum atomic E-state index is 10.2. The van der Waals surface area contributed by atoms with E-state index in [9.17, 15) is 4.79 Å². The highest BCUT2D eigenvalue weighted by atomic mass is 35.5. The maximum Gasteiger partial charge on any atom is 0.328 e. The molecule has 0 aliphatic heterocycles. The number of methoxy groups -OCH3 is 1. The van der Waals surface area contributed by atoms with Gasteiger partial charge in [0.2, 0.25) is 0 Å². The van der Waals surface area contributed by atoms with Gasteiger partial charge in [0.15, 0.2) is 0 Å². The van der Waals surface area contributed by atoms with E-state index in [0.717, 1.165) is 11.6 Å². The molecule has 0 saturated heterocycles. The van der Waals surface area contributed by atoms with E-state index in [1.807, 2.05) is 0 Å². The molecule has 0 bridgehead atoms. The van der Waals surface area contributed by atoms with E-state index in [2.05, 4.69) is 0 Å². The summed E-state index contributed by atoms with van der Waals surface area (Å²) < 4.78 is 4.98. The summed E-state index contributed by atoms with van der Waals surface area (Å²) in [6.45, 7) is 0. The molecule has 0 unspecified atom stereocenters. The van der Waals surface area contributed by atoms with Crippen LogP contribution in [0.25, 0.3) is 6.08 Å². The van der Waals surface area contributed by atoms with Gasteiger partial charge in [-0.15, -0.1) is 0 Å². The van der Waals surface area contributed by atoms with E-state index in [4.69, 9.17) is 21.4 Å². The molecule has 3 nitrogen and oxygen atoms in total. The molecule has 4 heteroatoms. The van der Waals surface area contributed by atoms with Crippen LogP contribution in [0.2, 0.25) is 5.02 Å². The number of carboxylic acid groups (broad SMARTS) is 1. The molecule has 1 rings (SSSR count). The van der Waals surface area contributed by atoms with Gasteiger partial charge in [0, 0.05) is 6.08 Å². The third kappa shape index (κ3) is 2.78. The van der Waals surface area contributed by atoms with Crippen molar-refractivity contribution in [3.05, 3.63) is 34.9 Å². The number of rotatable bonds is 3. The highest BCUT2D eigenvalue weighted by molar-refractivity contribution is 6.32. The number of carbonyl (C=O) groups is 1. The van der Waals surface area contributed by atoms with Gasteiger partial charge in [-0.05, 0) is 23.8 Å². The van der Waals surface area contributed by atoms with E-state index in [0.29, 0.717) is 10.8 Å². The summed E-state index contributed by atoms with van der Waals surface area (Å²) >= 11 is 5.79. The summed E-state index contributed by atoms with van der Waals surface area (Å²) in [6.07, 6.45) is 2.53. The Bertz CT molecular complexity index is 372. The summed E-state index contributed by atoms with van der Waals surface area (Å²) in [5.74, 6) is -0.460. The zero-order valence-electron chi connectivity index (χ0n) is 7.53. The van der Waals surface area contributed by atoms with Crippen molar-refractivity contribution in [3.8, 4) is 5.75 Å². The number of hydrogen-bond donors (Lipinski definition) is 1. The topological polar surface area (TPSA) is 46.5 Å². The van der Waals surface area contributed by atoms with Gasteiger partial charge in [0.25, 0.3) is 0 Å². The van der Waals surface area contributed by atoms with Crippen LogP contribution in [-0.2, 0) is 4.79 Å². The Morgan fingerprint density at radius 2 is 2.29 bits per heavy atom. The Kier molecular flexibility index (Phi) is 3.54. The lowest BCUT2D eigenvalue weighted by atomic mass is 10.2. The minimum Gasteiger partial charge on any atom is -0.495 e. The minimum absolute atomic E-state index is 0.500. The predicted octanol–water partition coefficient (Wildman–Crippen LogP) is 2.45. The average Bonchev–Trinajstić information content (AvgIpc) is 2.16. The Morgan fingerprint density at radius 1 is 1.57 bits per heavy atom. The van der Waals surface area contributed by atoms with Gasteiger partial charge in [0.1, 0.15) is 5.75 Å². The molecular weight excluding hydrogens is 204 g/mol. The van der Waals surface area contributed by atoms with Crippen LogP contribution in [0, 0.1) is 0 Å². The monoisotopic (exact) mass is 212 g/mol. The Labute approximate surface area is 86.6 Å². The second-order valence-corrected chi connectivity index (χ2v) is 2.97. The molecule has 1 N–H and O–H groups in total. The lowest BCUT2D eigenvalue weighted by molar-refractivity contribution is -0.131. The van der Waals surface area contributed by atoms with Crippen LogP contribution in [-0.4, -0.2) is 18.2 Å². The molecule has 1 aromatic rings. The fraction of sp³-hybridized carbons (Fsp3) is 0.100. The third-order valence-electron chi connectivity index (χ3n) is 1.59. The predicted molar refractivity (Wildman–Crippen MR) is 54.7 cm³/mol. The zero-order valence-corrected chi connectivity index (χ0v) is 8.28. The van der Waals surface area contributed by atoms with Crippen LogP contribution in [0.4, 0.5) is 0 Å². The first-order valence-electron chi connectivity index (χ1n) is 3.88. The lowest BCUT2D eigenvalue weighted by Crippen LogP contribution is -1.87. The Hall–Kier alpha value is -1.48. The molecule has 1 aromatic carbocycles. The van der Waals surface area contributed by atoms with Gasteiger partial charge in [-0.3, -0.25) is 0 Å². The normalized spacial score (nSPS) is 10.4. The van der Waals surface area contributed by atoms with E-state index in [1.54, 1.807) is 18.2 Å². The van der Waals surface area contributed by atoms with Gasteiger partial charge in [0.05, 0.1) is 12.1 Å². The van der Waals surface area contributed by atoms with Gasteiger partial charge in [-0.1, -0.05) is 17.7 Å². The van der Waals surface area contributed by atoms with Crippen molar-refractivity contribution in [2.75, 3.05) is 7.11 Å². The van der Waals surface area contributed by atoms with Crippen LogP contribution in [0.5, 0.6) is 5.75 Å². The van der Waals surface area contributed by atoms with E-state index < -0.39 is 5.97 Å². The fourth-order valence-corrected chi connectivity index (χ4v) is 1.14. The molecule has 14 heavy (non-hydrogen) atoms. The minimum atomic E-state index is -0.987. The van der Waals surface area contributed by atoms with E-state index in [-0.39, 0.29) is 0 Å². The first kappa shape index (κ1) is 10.6. The quantitative estimate of drug-likeness (QED) is 0.783. The van der Waals surface area contributed by atoms with Crippen molar-refractivity contribution in [1.29, 1.82) is 0 Å². The van der Waals surface area contributed by atoms with Crippen molar-refractivity contribution in [3.63, 3.8) is 0 Å². The van der Waals surface area contributed by atoms with E-state index >= 15 is 0 Å². The van der Waals surface area contributed by atoms with E-state index in [1.165, 1.54) is 13.2 Å². The Morgan fingerprint density at radius 3 is 2.86 bits per heavy atom. The molecule has 0 radical (unpaired) electrons. The van der Waals surface area contributed by atoms with Crippen LogP contribution < -0.4 is 4.74 Å². The number of benzene rings is 1. The molecule has 0 fully saturated rings. The molecule has 0 spiro atoms. The first-order chi connectivity index (χ1) is 6.63. The molecule has 74 valence electrons. The van der Waals surface area contributed by atoms with Crippen LogP contribution in [0.3, 0.4) is 0 Å². The highest BCUT2D eigenvalue weighted by Gasteiger charge is 1.99. The number of hydrogen-bond acceptors (Lipinski definition) is 2. The van der Waals surface area contributed by atoms with Crippen molar-refractivity contribution in [2.24, 2.45) is 0 Å². The summed E-state index contributed by atoms with van der Waals surface area (Å²) in [5, 5.41) is 8.91. The van der Waals surface area contributed by atoms with Crippen molar-refractivity contribution in [1.82, 2.24) is 0 Å². The van der Waals surface area contributed by atoms with Crippen molar-refractivity contribution >= 4 is 23.6 Å². The second kappa shape index (κ2) is 4.67. The molecule has 0 aromatic heterocycles. The van der Waals surface area contributed by atoms with Crippen molar-refractivity contribution in [2.45, 2.75) is 0 Å². The highest BCUT2D eigenvalue weighted by Crippen LogP contribution is 2.25. The second-order valence-electron chi connectivity index (χ2n) is 2.57. The molecule has 0 amide bonds. The van der Waals surface area contributed by atoms with Gasteiger partial charge in [-0.2, -0.15) is 0 Å². The molecule has 0 aliphatic carbocycles. The van der Waals surface area contributed by atoms with Gasteiger partial charge in [-0.25, -0.2) is 4.79 Å².